The van der Waals surface area contributed by atoms with Gasteiger partial charge in [0.05, 0.1) is 0 Å². The highest BCUT2D eigenvalue weighted by Gasteiger charge is 2.07. The summed E-state index contributed by atoms with van der Waals surface area (Å²) in [5.41, 5.74) is 0.547. The van der Waals surface area contributed by atoms with Gasteiger partial charge in [-0.1, -0.05) is 28.9 Å². The molecule has 1 aromatic rings. The van der Waals surface area contributed by atoms with E-state index in [0.29, 0.717) is 18.7 Å². The average Bonchev–Trinajstić information content (AvgIpc) is 2.58. The van der Waals surface area contributed by atoms with E-state index in [1.807, 2.05) is 19.9 Å². The topological polar surface area (TPSA) is 99.3 Å². The Morgan fingerprint density at radius 1 is 1.08 bits per heavy atom. The van der Waals surface area contributed by atoms with Gasteiger partial charge in [0.25, 0.3) is 5.91 Å². The predicted molar refractivity (Wildman–Crippen MR) is 100 cm³/mol. The van der Waals surface area contributed by atoms with Gasteiger partial charge >= 0.3 is 6.03 Å². The van der Waals surface area contributed by atoms with Crippen molar-refractivity contribution in [1.29, 1.82) is 0 Å². The molecule has 0 radical (unpaired) electrons. The molecule has 0 aliphatic carbocycles. The first-order valence-corrected chi connectivity index (χ1v) is 9.06. The van der Waals surface area contributed by atoms with Crippen LogP contribution in [0.15, 0.2) is 28.7 Å². The van der Waals surface area contributed by atoms with Crippen molar-refractivity contribution in [3.8, 4) is 0 Å². The monoisotopic (exact) mass is 412 g/mol. The molecule has 4 amide bonds. The number of amides is 4. The number of nitrogens with one attached hydrogen (secondary N) is 4. The minimum atomic E-state index is -0.368. The van der Waals surface area contributed by atoms with Crippen LogP contribution in [0.3, 0.4) is 0 Å². The summed E-state index contributed by atoms with van der Waals surface area (Å²) in [6, 6.07) is 6.82. The third-order valence-corrected chi connectivity index (χ3v) is 3.93. The highest BCUT2D eigenvalue weighted by atomic mass is 79.9. The van der Waals surface area contributed by atoms with Crippen LogP contribution in [0.25, 0.3) is 0 Å². The first-order chi connectivity index (χ1) is 11.9. The highest BCUT2D eigenvalue weighted by Crippen LogP contribution is 2.11. The average molecular weight is 413 g/mol. The Kier molecular flexibility index (Phi) is 9.61. The molecule has 0 aromatic heterocycles. The lowest BCUT2D eigenvalue weighted by molar-refractivity contribution is -0.121. The van der Waals surface area contributed by atoms with Gasteiger partial charge in [0.1, 0.15) is 0 Å². The number of carbonyl (C=O) groups excluding carboxylic acids is 3. The molecule has 0 bridgehead atoms. The molecule has 7 nitrogen and oxygen atoms in total. The molecule has 0 fully saturated rings. The van der Waals surface area contributed by atoms with Crippen molar-refractivity contribution in [3.63, 3.8) is 0 Å². The first-order valence-electron chi connectivity index (χ1n) is 8.27. The maximum absolute atomic E-state index is 11.9. The van der Waals surface area contributed by atoms with Gasteiger partial charge in [-0.25, -0.2) is 4.79 Å². The zero-order chi connectivity index (χ0) is 18.7. The molecule has 1 unspecified atom stereocenters. The number of carbonyl (C=O) groups is 3. The molecule has 138 valence electrons. The molecule has 0 saturated carbocycles. The Hall–Kier alpha value is -2.09. The van der Waals surface area contributed by atoms with Crippen molar-refractivity contribution < 1.29 is 14.4 Å². The van der Waals surface area contributed by atoms with Gasteiger partial charge in [-0.3, -0.25) is 9.59 Å². The number of rotatable bonds is 9. The van der Waals surface area contributed by atoms with Crippen molar-refractivity contribution in [1.82, 2.24) is 21.3 Å². The van der Waals surface area contributed by atoms with Gasteiger partial charge < -0.3 is 21.3 Å². The summed E-state index contributed by atoms with van der Waals surface area (Å²) in [5.74, 6) is -0.291. The van der Waals surface area contributed by atoms with E-state index in [-0.39, 0.29) is 36.9 Å². The molecule has 0 aliphatic heterocycles. The minimum absolute atomic E-state index is 0.0871. The van der Waals surface area contributed by atoms with Gasteiger partial charge in [-0.15, -0.1) is 0 Å². The third-order valence-electron chi connectivity index (χ3n) is 3.44. The lowest BCUT2D eigenvalue weighted by Gasteiger charge is -2.12. The van der Waals surface area contributed by atoms with E-state index in [2.05, 4.69) is 37.2 Å². The summed E-state index contributed by atoms with van der Waals surface area (Å²) in [6.45, 7) is 4.79. The van der Waals surface area contributed by atoms with Crippen LogP contribution in [0.2, 0.25) is 0 Å². The summed E-state index contributed by atoms with van der Waals surface area (Å²) in [4.78, 5) is 35.0. The van der Waals surface area contributed by atoms with Crippen molar-refractivity contribution in [2.75, 3.05) is 19.6 Å². The van der Waals surface area contributed by atoms with E-state index in [1.165, 1.54) is 0 Å². The fourth-order valence-electron chi connectivity index (χ4n) is 1.88. The fraction of sp³-hybridized carbons (Fsp3) is 0.471. The fourth-order valence-corrected chi connectivity index (χ4v) is 2.28. The van der Waals surface area contributed by atoms with Crippen LogP contribution >= 0.6 is 15.9 Å². The van der Waals surface area contributed by atoms with Crippen LogP contribution < -0.4 is 21.3 Å². The Morgan fingerprint density at radius 3 is 2.44 bits per heavy atom. The van der Waals surface area contributed by atoms with Gasteiger partial charge in [-0.05, 0) is 31.5 Å². The van der Waals surface area contributed by atoms with Crippen LogP contribution in [0, 0.1) is 0 Å². The molecular formula is C17H25BrN4O3. The van der Waals surface area contributed by atoms with Crippen LogP contribution in [0.5, 0.6) is 0 Å². The summed E-state index contributed by atoms with van der Waals surface area (Å²) in [5, 5.41) is 10.8. The number of benzene rings is 1. The predicted octanol–water partition coefficient (Wildman–Crippen LogP) is 1.78. The number of hydrogen-bond donors (Lipinski definition) is 4. The van der Waals surface area contributed by atoms with Gasteiger partial charge in [0.2, 0.25) is 5.91 Å². The quantitative estimate of drug-likeness (QED) is 0.465. The summed E-state index contributed by atoms with van der Waals surface area (Å²) >= 11 is 3.31. The summed E-state index contributed by atoms with van der Waals surface area (Å²) < 4.78 is 0.829. The van der Waals surface area contributed by atoms with Crippen LogP contribution in [-0.4, -0.2) is 43.5 Å². The van der Waals surface area contributed by atoms with Gasteiger partial charge in [-0.2, -0.15) is 0 Å². The Balaban J connectivity index is 2.12. The molecule has 0 spiro atoms. The molecule has 1 aromatic carbocycles. The Labute approximate surface area is 156 Å². The molecule has 0 heterocycles. The standard InChI is InChI=1S/C17H25BrN4O3/c1-3-12(2)22-15(23)7-8-20-17(25)21-10-9-19-16(24)13-5-4-6-14(18)11-13/h4-6,11-12H,3,7-10H2,1-2H3,(H,19,24)(H,22,23)(H2,20,21,25). The number of halogens is 1. The molecule has 1 rings (SSSR count). The lowest BCUT2D eigenvalue weighted by atomic mass is 10.2. The van der Waals surface area contributed by atoms with Crippen molar-refractivity contribution in [3.05, 3.63) is 34.3 Å². The second kappa shape index (κ2) is 11.5. The van der Waals surface area contributed by atoms with Crippen LogP contribution in [0.4, 0.5) is 4.79 Å². The number of urea groups is 1. The van der Waals surface area contributed by atoms with Gasteiger partial charge in [0, 0.05) is 42.1 Å². The van der Waals surface area contributed by atoms with E-state index < -0.39 is 0 Å². The van der Waals surface area contributed by atoms with E-state index in [0.717, 1.165) is 10.9 Å². The molecule has 1 atom stereocenters. The van der Waals surface area contributed by atoms with E-state index in [4.69, 9.17) is 0 Å². The largest absolute Gasteiger partial charge is 0.354 e. The lowest BCUT2D eigenvalue weighted by Crippen LogP contribution is -2.42. The third kappa shape index (κ3) is 9.09. The zero-order valence-electron chi connectivity index (χ0n) is 14.5. The molecular weight excluding hydrogens is 388 g/mol. The highest BCUT2D eigenvalue weighted by molar-refractivity contribution is 9.10. The van der Waals surface area contributed by atoms with Crippen molar-refractivity contribution in [2.45, 2.75) is 32.7 Å². The smallest absolute Gasteiger partial charge is 0.314 e. The van der Waals surface area contributed by atoms with Crippen LogP contribution in [-0.2, 0) is 4.79 Å². The first kappa shape index (κ1) is 21.0. The molecule has 25 heavy (non-hydrogen) atoms. The van der Waals surface area contributed by atoms with E-state index >= 15 is 0 Å². The van der Waals surface area contributed by atoms with Crippen molar-refractivity contribution >= 4 is 33.8 Å². The second-order valence-corrected chi connectivity index (χ2v) is 6.49. The van der Waals surface area contributed by atoms with Gasteiger partial charge in [0.15, 0.2) is 0 Å². The van der Waals surface area contributed by atoms with Crippen molar-refractivity contribution in [2.24, 2.45) is 0 Å². The SMILES string of the molecule is CCC(C)NC(=O)CCNC(=O)NCCNC(=O)c1cccc(Br)c1. The Morgan fingerprint density at radius 2 is 1.76 bits per heavy atom. The van der Waals surface area contributed by atoms with E-state index in [9.17, 15) is 14.4 Å². The molecule has 0 aliphatic rings. The van der Waals surface area contributed by atoms with E-state index in [1.54, 1.807) is 18.2 Å². The second-order valence-electron chi connectivity index (χ2n) is 5.58. The summed E-state index contributed by atoms with van der Waals surface area (Å²) in [7, 11) is 0. The maximum atomic E-state index is 11.9. The Bertz CT molecular complexity index is 595. The number of hydrogen-bond acceptors (Lipinski definition) is 3. The molecule has 8 heteroatoms. The maximum Gasteiger partial charge on any atom is 0.314 e. The minimum Gasteiger partial charge on any atom is -0.354 e. The molecule has 4 N–H and O–H groups in total. The normalized spacial score (nSPS) is 11.3. The zero-order valence-corrected chi connectivity index (χ0v) is 16.1. The van der Waals surface area contributed by atoms with Crippen LogP contribution in [0.1, 0.15) is 37.0 Å². The molecule has 0 saturated heterocycles. The summed E-state index contributed by atoms with van der Waals surface area (Å²) in [6.07, 6.45) is 1.10.